The van der Waals surface area contributed by atoms with E-state index < -0.39 is 5.76 Å². The maximum absolute atomic E-state index is 13.0. The van der Waals surface area contributed by atoms with Gasteiger partial charge in [0.25, 0.3) is 5.76 Å². The lowest BCUT2D eigenvalue weighted by atomic mass is 10.1. The van der Waals surface area contributed by atoms with Crippen LogP contribution in [-0.4, -0.2) is 33.2 Å². The van der Waals surface area contributed by atoms with Gasteiger partial charge in [0.05, 0.1) is 17.1 Å². The van der Waals surface area contributed by atoms with Crippen LogP contribution in [0, 0.1) is 0 Å². The highest BCUT2D eigenvalue weighted by Gasteiger charge is 2.29. The van der Waals surface area contributed by atoms with Crippen molar-refractivity contribution in [2.45, 2.75) is 36.3 Å². The first kappa shape index (κ1) is 18.0. The van der Waals surface area contributed by atoms with Gasteiger partial charge in [0.2, 0.25) is 5.91 Å². The van der Waals surface area contributed by atoms with E-state index in [1.165, 1.54) is 11.1 Å². The van der Waals surface area contributed by atoms with Crippen LogP contribution in [0.5, 0.6) is 0 Å². The van der Waals surface area contributed by atoms with Gasteiger partial charge in [-0.25, -0.2) is 4.98 Å². The highest BCUT2D eigenvalue weighted by Crippen LogP contribution is 2.35. The molecule has 1 amide bonds. The predicted molar refractivity (Wildman–Crippen MR) is 102 cm³/mol. The maximum atomic E-state index is 13.0. The standard InChI is InChI=1S/C20H19F2N3OS/c1-24(16-11-10-13-6-2-3-7-14(13)16)18(26)12-25-17-9-5-4-8-15(17)23-20(25)27-19(21)22/h2-9,16,19H,10-12H2,1H3. The van der Waals surface area contributed by atoms with Gasteiger partial charge in [0.1, 0.15) is 6.54 Å². The Morgan fingerprint density at radius 3 is 2.81 bits per heavy atom. The number of aryl methyl sites for hydroxylation is 1. The number of likely N-dealkylation sites (N-methyl/N-ethyl adjacent to an activating group) is 1. The van der Waals surface area contributed by atoms with E-state index in [-0.39, 0.29) is 23.7 Å². The first-order chi connectivity index (χ1) is 13.0. The van der Waals surface area contributed by atoms with Gasteiger partial charge in [-0.3, -0.25) is 4.79 Å². The number of carbonyl (C=O) groups excluding carboxylic acids is 1. The topological polar surface area (TPSA) is 38.1 Å². The summed E-state index contributed by atoms with van der Waals surface area (Å²) < 4.78 is 27.5. The van der Waals surface area contributed by atoms with E-state index in [9.17, 15) is 13.6 Å². The second-order valence-corrected chi connectivity index (χ2v) is 7.56. The molecule has 3 aromatic rings. The van der Waals surface area contributed by atoms with Crippen molar-refractivity contribution in [1.29, 1.82) is 0 Å². The summed E-state index contributed by atoms with van der Waals surface area (Å²) in [6.07, 6.45) is 1.82. The smallest absolute Gasteiger partial charge is 0.291 e. The molecule has 0 fully saturated rings. The van der Waals surface area contributed by atoms with Crippen molar-refractivity contribution in [3.8, 4) is 0 Å². The monoisotopic (exact) mass is 387 g/mol. The average molecular weight is 387 g/mol. The zero-order valence-electron chi connectivity index (χ0n) is 14.8. The lowest BCUT2D eigenvalue weighted by molar-refractivity contribution is -0.132. The zero-order valence-corrected chi connectivity index (χ0v) is 15.6. The fraction of sp³-hybridized carbons (Fsp3) is 0.300. The number of halogens is 2. The van der Waals surface area contributed by atoms with Crippen LogP contribution in [0.2, 0.25) is 0 Å². The van der Waals surface area contributed by atoms with Crippen molar-refractivity contribution < 1.29 is 13.6 Å². The van der Waals surface area contributed by atoms with Crippen molar-refractivity contribution in [2.24, 2.45) is 0 Å². The number of benzene rings is 2. The molecule has 7 heteroatoms. The van der Waals surface area contributed by atoms with Crippen LogP contribution in [0.4, 0.5) is 8.78 Å². The Labute approximate surface area is 160 Å². The van der Waals surface area contributed by atoms with Crippen LogP contribution >= 0.6 is 11.8 Å². The third-order valence-corrected chi connectivity index (χ3v) is 5.77. The second kappa shape index (κ2) is 7.31. The number of alkyl halides is 2. The van der Waals surface area contributed by atoms with Crippen molar-refractivity contribution in [1.82, 2.24) is 14.5 Å². The van der Waals surface area contributed by atoms with Crippen LogP contribution < -0.4 is 0 Å². The molecule has 1 heterocycles. The molecule has 2 aromatic carbocycles. The number of hydrogen-bond acceptors (Lipinski definition) is 3. The average Bonchev–Trinajstić information content (AvgIpc) is 3.22. The predicted octanol–water partition coefficient (Wildman–Crippen LogP) is 4.50. The number of amides is 1. The Balaban J connectivity index is 1.61. The Bertz CT molecular complexity index is 988. The largest absolute Gasteiger partial charge is 0.337 e. The molecule has 0 spiro atoms. The molecule has 140 valence electrons. The molecule has 1 aromatic heterocycles. The summed E-state index contributed by atoms with van der Waals surface area (Å²) in [5.41, 5.74) is 3.74. The molecule has 1 aliphatic rings. The Kier molecular flexibility index (Phi) is 4.86. The summed E-state index contributed by atoms with van der Waals surface area (Å²) in [5.74, 6) is -2.70. The molecule has 0 N–H and O–H groups in total. The van der Waals surface area contributed by atoms with Crippen molar-refractivity contribution in [2.75, 3.05) is 7.05 Å². The summed E-state index contributed by atoms with van der Waals surface area (Å²) in [6.45, 7) is -0.00919. The van der Waals surface area contributed by atoms with E-state index >= 15 is 0 Å². The van der Waals surface area contributed by atoms with Crippen molar-refractivity contribution in [3.05, 3.63) is 59.7 Å². The molecule has 0 saturated carbocycles. The highest BCUT2D eigenvalue weighted by atomic mass is 32.2. The highest BCUT2D eigenvalue weighted by molar-refractivity contribution is 7.99. The van der Waals surface area contributed by atoms with Crippen molar-refractivity contribution >= 4 is 28.7 Å². The normalized spacial score (nSPS) is 16.1. The van der Waals surface area contributed by atoms with Gasteiger partial charge in [-0.2, -0.15) is 8.78 Å². The van der Waals surface area contributed by atoms with Gasteiger partial charge < -0.3 is 9.47 Å². The molecule has 0 bridgehead atoms. The molecule has 0 aliphatic heterocycles. The van der Waals surface area contributed by atoms with Crippen LogP contribution in [0.25, 0.3) is 11.0 Å². The van der Waals surface area contributed by atoms with E-state index in [0.717, 1.165) is 12.8 Å². The summed E-state index contributed by atoms with van der Waals surface area (Å²) >= 11 is 0.373. The third kappa shape index (κ3) is 3.43. The van der Waals surface area contributed by atoms with Crippen LogP contribution in [-0.2, 0) is 17.8 Å². The molecule has 1 aliphatic carbocycles. The SMILES string of the molecule is CN(C(=O)Cn1c(SC(F)F)nc2ccccc21)C1CCc2ccccc21. The first-order valence-corrected chi connectivity index (χ1v) is 9.66. The molecule has 0 saturated heterocycles. The maximum Gasteiger partial charge on any atom is 0.291 e. The molecule has 27 heavy (non-hydrogen) atoms. The lowest BCUT2D eigenvalue weighted by Gasteiger charge is -2.26. The molecular weight excluding hydrogens is 368 g/mol. The minimum Gasteiger partial charge on any atom is -0.337 e. The molecule has 1 atom stereocenters. The Morgan fingerprint density at radius 2 is 2.00 bits per heavy atom. The minimum absolute atomic E-state index is 0.00919. The van der Waals surface area contributed by atoms with Gasteiger partial charge in [-0.15, -0.1) is 0 Å². The Morgan fingerprint density at radius 1 is 1.26 bits per heavy atom. The summed E-state index contributed by atoms with van der Waals surface area (Å²) in [5, 5.41) is 0.166. The molecular formula is C20H19F2N3OS. The third-order valence-electron chi connectivity index (χ3n) is 5.07. The zero-order chi connectivity index (χ0) is 19.0. The Hall–Kier alpha value is -2.41. The second-order valence-electron chi connectivity index (χ2n) is 6.61. The summed E-state index contributed by atoms with van der Waals surface area (Å²) in [4.78, 5) is 19.0. The number of rotatable bonds is 5. The number of nitrogens with zero attached hydrogens (tertiary/aromatic N) is 3. The van der Waals surface area contributed by atoms with E-state index in [1.807, 2.05) is 18.2 Å². The molecule has 4 nitrogen and oxygen atoms in total. The van der Waals surface area contributed by atoms with E-state index in [0.29, 0.717) is 22.8 Å². The summed E-state index contributed by atoms with van der Waals surface area (Å²) in [7, 11) is 1.79. The first-order valence-electron chi connectivity index (χ1n) is 8.78. The number of carbonyl (C=O) groups is 1. The molecule has 0 radical (unpaired) electrons. The van der Waals surface area contributed by atoms with Gasteiger partial charge in [0.15, 0.2) is 5.16 Å². The van der Waals surface area contributed by atoms with Gasteiger partial charge >= 0.3 is 0 Å². The van der Waals surface area contributed by atoms with Gasteiger partial charge in [0, 0.05) is 7.05 Å². The van der Waals surface area contributed by atoms with Crippen LogP contribution in [0.15, 0.2) is 53.7 Å². The van der Waals surface area contributed by atoms with E-state index in [4.69, 9.17) is 0 Å². The number of fused-ring (bicyclic) bond motifs is 2. The number of thioether (sulfide) groups is 1. The summed E-state index contributed by atoms with van der Waals surface area (Å²) in [6, 6.07) is 15.4. The minimum atomic E-state index is -2.59. The molecule has 1 unspecified atom stereocenters. The van der Waals surface area contributed by atoms with E-state index in [2.05, 4.69) is 17.1 Å². The van der Waals surface area contributed by atoms with E-state index in [1.54, 1.807) is 34.7 Å². The number of imidazole rings is 1. The lowest BCUT2D eigenvalue weighted by Crippen LogP contribution is -2.33. The van der Waals surface area contributed by atoms with Crippen LogP contribution in [0.1, 0.15) is 23.6 Å². The number of hydrogen-bond donors (Lipinski definition) is 0. The number of para-hydroxylation sites is 2. The number of aromatic nitrogens is 2. The van der Waals surface area contributed by atoms with Crippen molar-refractivity contribution in [3.63, 3.8) is 0 Å². The van der Waals surface area contributed by atoms with Gasteiger partial charge in [-0.05, 0) is 47.9 Å². The van der Waals surface area contributed by atoms with Crippen LogP contribution in [0.3, 0.4) is 0 Å². The fourth-order valence-electron chi connectivity index (χ4n) is 3.73. The quantitative estimate of drug-likeness (QED) is 0.605. The van der Waals surface area contributed by atoms with Gasteiger partial charge in [-0.1, -0.05) is 36.4 Å². The fourth-order valence-corrected chi connectivity index (χ4v) is 4.33. The molecule has 4 rings (SSSR count).